The number of carbonyl (C=O) groups is 3. The minimum absolute atomic E-state index is 0.0439. The quantitative estimate of drug-likeness (QED) is 0.656. The van der Waals surface area contributed by atoms with Gasteiger partial charge in [-0.25, -0.2) is 4.39 Å². The Balaban J connectivity index is 1.76. The van der Waals surface area contributed by atoms with E-state index in [0.717, 1.165) is 12.1 Å². The van der Waals surface area contributed by atoms with Gasteiger partial charge in [-0.15, -0.1) is 0 Å². The molecule has 0 atom stereocenters. The van der Waals surface area contributed by atoms with Crippen LogP contribution in [-0.2, 0) is 4.79 Å². The fourth-order valence-electron chi connectivity index (χ4n) is 1.86. The fourth-order valence-corrected chi connectivity index (χ4v) is 1.86. The highest BCUT2D eigenvalue weighted by atomic mass is 19.1. The standard InChI is InChI=1S/C17H15FN2O3/c18-14-8-6-13(7-9-14)17(23)20-19-16(22)11-10-15(21)12-4-2-1-3-5-12/h1-9H,10-11H2,(H,19,22)(H,20,23). The van der Waals surface area contributed by atoms with Crippen LogP contribution in [0.1, 0.15) is 33.6 Å². The van der Waals surface area contributed by atoms with E-state index < -0.39 is 17.6 Å². The zero-order valence-corrected chi connectivity index (χ0v) is 12.2. The Morgan fingerprint density at radius 3 is 2.09 bits per heavy atom. The monoisotopic (exact) mass is 314 g/mol. The molecule has 2 aromatic carbocycles. The van der Waals surface area contributed by atoms with E-state index in [9.17, 15) is 18.8 Å². The SMILES string of the molecule is O=C(CCC(=O)c1ccccc1)NNC(=O)c1ccc(F)cc1. The Morgan fingerprint density at radius 2 is 1.43 bits per heavy atom. The highest BCUT2D eigenvalue weighted by Crippen LogP contribution is 2.05. The molecule has 0 saturated heterocycles. The van der Waals surface area contributed by atoms with Crippen LogP contribution in [0.3, 0.4) is 0 Å². The third-order valence-corrected chi connectivity index (χ3v) is 3.10. The molecule has 2 rings (SSSR count). The lowest BCUT2D eigenvalue weighted by Gasteiger charge is -2.07. The van der Waals surface area contributed by atoms with Crippen LogP contribution < -0.4 is 10.9 Å². The van der Waals surface area contributed by atoms with Crippen molar-refractivity contribution in [2.45, 2.75) is 12.8 Å². The molecule has 2 aromatic rings. The predicted molar refractivity (Wildman–Crippen MR) is 82.0 cm³/mol. The zero-order chi connectivity index (χ0) is 16.7. The fraction of sp³-hybridized carbons (Fsp3) is 0.118. The number of rotatable bonds is 5. The highest BCUT2D eigenvalue weighted by molar-refractivity contribution is 5.98. The van der Waals surface area contributed by atoms with Crippen molar-refractivity contribution in [3.05, 3.63) is 71.5 Å². The molecule has 0 spiro atoms. The molecule has 0 heterocycles. The smallest absolute Gasteiger partial charge is 0.269 e. The second-order valence-corrected chi connectivity index (χ2v) is 4.80. The average Bonchev–Trinajstić information content (AvgIpc) is 2.59. The first-order valence-electron chi connectivity index (χ1n) is 6.99. The number of carbonyl (C=O) groups excluding carboxylic acids is 3. The number of amides is 2. The first-order valence-corrected chi connectivity index (χ1v) is 6.99. The molecule has 0 fully saturated rings. The van der Waals surface area contributed by atoms with Gasteiger partial charge < -0.3 is 0 Å². The molecule has 23 heavy (non-hydrogen) atoms. The van der Waals surface area contributed by atoms with E-state index in [0.29, 0.717) is 5.56 Å². The summed E-state index contributed by atoms with van der Waals surface area (Å²) < 4.78 is 12.7. The van der Waals surface area contributed by atoms with E-state index in [1.165, 1.54) is 12.1 Å². The van der Waals surface area contributed by atoms with Gasteiger partial charge in [0, 0.05) is 24.0 Å². The molecule has 0 bridgehead atoms. The molecule has 5 nitrogen and oxygen atoms in total. The van der Waals surface area contributed by atoms with Crippen LogP contribution in [0.25, 0.3) is 0 Å². The summed E-state index contributed by atoms with van der Waals surface area (Å²) in [5, 5.41) is 0. The predicted octanol–water partition coefficient (Wildman–Crippen LogP) is 2.25. The number of Topliss-reactive ketones (excluding diaryl/α,β-unsaturated/α-hetero) is 1. The van der Waals surface area contributed by atoms with E-state index in [4.69, 9.17) is 0 Å². The van der Waals surface area contributed by atoms with Gasteiger partial charge in [-0.2, -0.15) is 0 Å². The van der Waals surface area contributed by atoms with Crippen molar-refractivity contribution in [1.82, 2.24) is 10.9 Å². The van der Waals surface area contributed by atoms with Crippen molar-refractivity contribution < 1.29 is 18.8 Å². The Morgan fingerprint density at radius 1 is 0.783 bits per heavy atom. The van der Waals surface area contributed by atoms with Crippen LogP contribution in [0.4, 0.5) is 4.39 Å². The van der Waals surface area contributed by atoms with Crippen molar-refractivity contribution in [2.24, 2.45) is 0 Å². The van der Waals surface area contributed by atoms with E-state index in [1.807, 2.05) is 0 Å². The number of ketones is 1. The van der Waals surface area contributed by atoms with Gasteiger partial charge in [0.25, 0.3) is 5.91 Å². The normalized spacial score (nSPS) is 9.96. The van der Waals surface area contributed by atoms with Gasteiger partial charge in [0.05, 0.1) is 0 Å². The van der Waals surface area contributed by atoms with Gasteiger partial charge in [0.1, 0.15) is 5.82 Å². The summed E-state index contributed by atoms with van der Waals surface area (Å²) in [5.74, 6) is -1.65. The number of benzene rings is 2. The Hall–Kier alpha value is -3.02. The van der Waals surface area contributed by atoms with E-state index in [-0.39, 0.29) is 24.2 Å². The lowest BCUT2D eigenvalue weighted by Crippen LogP contribution is -2.41. The van der Waals surface area contributed by atoms with Crippen molar-refractivity contribution >= 4 is 17.6 Å². The van der Waals surface area contributed by atoms with Crippen LogP contribution in [0.15, 0.2) is 54.6 Å². The molecule has 6 heteroatoms. The molecule has 118 valence electrons. The minimum atomic E-state index is -0.562. The maximum atomic E-state index is 12.7. The zero-order valence-electron chi connectivity index (χ0n) is 12.2. The summed E-state index contributed by atoms with van der Waals surface area (Å²) in [6.45, 7) is 0. The first kappa shape index (κ1) is 16.4. The molecule has 0 aromatic heterocycles. The average molecular weight is 314 g/mol. The van der Waals surface area contributed by atoms with Crippen molar-refractivity contribution in [2.75, 3.05) is 0 Å². The number of hydrazine groups is 1. The van der Waals surface area contributed by atoms with Crippen LogP contribution in [0.5, 0.6) is 0 Å². The van der Waals surface area contributed by atoms with E-state index in [1.54, 1.807) is 30.3 Å². The summed E-state index contributed by atoms with van der Waals surface area (Å²) >= 11 is 0. The Labute approximate surface area is 132 Å². The van der Waals surface area contributed by atoms with Gasteiger partial charge in [-0.3, -0.25) is 25.2 Å². The Bertz CT molecular complexity index is 700. The molecule has 2 amide bonds. The molecule has 0 aliphatic carbocycles. The summed E-state index contributed by atoms with van der Waals surface area (Å²) in [6, 6.07) is 13.5. The van der Waals surface area contributed by atoms with Crippen molar-refractivity contribution in [3.63, 3.8) is 0 Å². The van der Waals surface area contributed by atoms with E-state index >= 15 is 0 Å². The summed E-state index contributed by atoms with van der Waals surface area (Å²) in [4.78, 5) is 35.2. The second kappa shape index (κ2) is 7.84. The van der Waals surface area contributed by atoms with Crippen LogP contribution in [-0.4, -0.2) is 17.6 Å². The molecular weight excluding hydrogens is 299 g/mol. The third-order valence-electron chi connectivity index (χ3n) is 3.10. The number of nitrogens with one attached hydrogen (secondary N) is 2. The van der Waals surface area contributed by atoms with Gasteiger partial charge >= 0.3 is 0 Å². The molecule has 0 radical (unpaired) electrons. The molecule has 0 aliphatic heterocycles. The Kier molecular flexibility index (Phi) is 5.57. The first-order chi connectivity index (χ1) is 11.1. The third kappa shape index (κ3) is 5.03. The van der Waals surface area contributed by atoms with Crippen LogP contribution >= 0.6 is 0 Å². The van der Waals surface area contributed by atoms with Crippen molar-refractivity contribution in [1.29, 1.82) is 0 Å². The van der Waals surface area contributed by atoms with Gasteiger partial charge in [-0.1, -0.05) is 30.3 Å². The second-order valence-electron chi connectivity index (χ2n) is 4.80. The number of halogens is 1. The maximum absolute atomic E-state index is 12.7. The molecular formula is C17H15FN2O3. The van der Waals surface area contributed by atoms with Gasteiger partial charge in [-0.05, 0) is 24.3 Å². The summed E-state index contributed by atoms with van der Waals surface area (Å²) in [6.07, 6.45) is -0.000307. The lowest BCUT2D eigenvalue weighted by atomic mass is 10.1. The maximum Gasteiger partial charge on any atom is 0.269 e. The molecule has 0 saturated carbocycles. The summed E-state index contributed by atoms with van der Waals surface area (Å²) in [7, 11) is 0. The molecule has 0 aliphatic rings. The molecule has 0 unspecified atom stereocenters. The van der Waals surface area contributed by atoms with Crippen molar-refractivity contribution in [3.8, 4) is 0 Å². The van der Waals surface area contributed by atoms with Crippen LogP contribution in [0, 0.1) is 5.82 Å². The topological polar surface area (TPSA) is 75.3 Å². The minimum Gasteiger partial charge on any atom is -0.294 e. The summed E-state index contributed by atoms with van der Waals surface area (Å²) in [5.41, 5.74) is 5.18. The number of hydrogen-bond acceptors (Lipinski definition) is 3. The van der Waals surface area contributed by atoms with Crippen LogP contribution in [0.2, 0.25) is 0 Å². The number of hydrogen-bond donors (Lipinski definition) is 2. The van der Waals surface area contributed by atoms with Gasteiger partial charge in [0.2, 0.25) is 5.91 Å². The largest absolute Gasteiger partial charge is 0.294 e. The van der Waals surface area contributed by atoms with E-state index in [2.05, 4.69) is 10.9 Å². The molecule has 2 N–H and O–H groups in total. The van der Waals surface area contributed by atoms with Gasteiger partial charge in [0.15, 0.2) is 5.78 Å². The lowest BCUT2D eigenvalue weighted by molar-refractivity contribution is -0.121. The highest BCUT2D eigenvalue weighted by Gasteiger charge is 2.10.